The molecule has 3 aromatic rings. The molecule has 0 N–H and O–H groups in total. The standard InChI is InChI=1S/C23H21NO8/c1-26-22(25)18-12-17(32-24-18)7-4-14-10-19-21(30-13-29-19)20(11-14)31-16-8-5-15(6-9-16)23(27-2)28-3/h4-12,23H,13H2,1-3H3/b7-4+. The maximum Gasteiger partial charge on any atom is 0.360 e. The second-order valence-electron chi connectivity index (χ2n) is 6.67. The molecule has 0 spiro atoms. The molecule has 9 nitrogen and oxygen atoms in total. The average molecular weight is 439 g/mol. The van der Waals surface area contributed by atoms with Gasteiger partial charge in [-0.15, -0.1) is 0 Å². The molecule has 2 heterocycles. The molecule has 0 bridgehead atoms. The minimum Gasteiger partial charge on any atom is -0.464 e. The number of aromatic nitrogens is 1. The van der Waals surface area contributed by atoms with Gasteiger partial charge in [-0.1, -0.05) is 23.4 Å². The smallest absolute Gasteiger partial charge is 0.360 e. The van der Waals surface area contributed by atoms with E-state index in [-0.39, 0.29) is 12.5 Å². The lowest BCUT2D eigenvalue weighted by Gasteiger charge is -2.14. The molecule has 1 aliphatic rings. The number of esters is 1. The van der Waals surface area contributed by atoms with E-state index in [0.29, 0.717) is 28.8 Å². The van der Waals surface area contributed by atoms with E-state index in [9.17, 15) is 4.79 Å². The van der Waals surface area contributed by atoms with Crippen LogP contribution in [0.15, 0.2) is 47.0 Å². The first kappa shape index (κ1) is 21.4. The van der Waals surface area contributed by atoms with Crippen LogP contribution >= 0.6 is 0 Å². The normalized spacial score (nSPS) is 12.5. The Labute approximate surface area is 184 Å². The summed E-state index contributed by atoms with van der Waals surface area (Å²) in [5.74, 6) is 2.01. The van der Waals surface area contributed by atoms with Gasteiger partial charge in [0, 0.05) is 25.8 Å². The first-order valence-electron chi connectivity index (χ1n) is 9.61. The second kappa shape index (κ2) is 9.54. The van der Waals surface area contributed by atoms with Crippen molar-refractivity contribution in [2.24, 2.45) is 0 Å². The van der Waals surface area contributed by atoms with Crippen molar-refractivity contribution in [3.05, 3.63) is 65.0 Å². The highest BCUT2D eigenvalue weighted by Gasteiger charge is 2.21. The monoisotopic (exact) mass is 439 g/mol. The molecule has 0 aliphatic carbocycles. The highest BCUT2D eigenvalue weighted by atomic mass is 16.7. The maximum atomic E-state index is 11.5. The maximum absolute atomic E-state index is 11.5. The van der Waals surface area contributed by atoms with E-state index in [1.807, 2.05) is 36.4 Å². The molecule has 1 aromatic heterocycles. The molecule has 0 atom stereocenters. The van der Waals surface area contributed by atoms with Crippen molar-refractivity contribution in [2.75, 3.05) is 28.1 Å². The molecule has 1 aliphatic heterocycles. The number of ether oxygens (including phenoxy) is 6. The molecule has 32 heavy (non-hydrogen) atoms. The number of hydrogen-bond acceptors (Lipinski definition) is 9. The molecule has 0 saturated heterocycles. The molecule has 9 heteroatoms. The topological polar surface area (TPSA) is 98.5 Å². The molecule has 0 radical (unpaired) electrons. The number of fused-ring (bicyclic) bond motifs is 1. The molecule has 0 saturated carbocycles. The lowest BCUT2D eigenvalue weighted by atomic mass is 10.1. The zero-order valence-electron chi connectivity index (χ0n) is 17.7. The number of carbonyl (C=O) groups excluding carboxylic acids is 1. The van der Waals surface area contributed by atoms with E-state index >= 15 is 0 Å². The van der Waals surface area contributed by atoms with Crippen LogP contribution in [0, 0.1) is 0 Å². The van der Waals surface area contributed by atoms with Crippen LogP contribution in [0.3, 0.4) is 0 Å². The number of methoxy groups -OCH3 is 3. The molecule has 2 aromatic carbocycles. The van der Waals surface area contributed by atoms with E-state index in [4.69, 9.17) is 28.2 Å². The highest BCUT2D eigenvalue weighted by molar-refractivity contribution is 5.87. The molecule has 0 amide bonds. The van der Waals surface area contributed by atoms with Gasteiger partial charge in [0.2, 0.25) is 12.5 Å². The van der Waals surface area contributed by atoms with Crippen LogP contribution in [-0.4, -0.2) is 39.2 Å². The van der Waals surface area contributed by atoms with Gasteiger partial charge in [-0.25, -0.2) is 4.79 Å². The predicted molar refractivity (Wildman–Crippen MR) is 113 cm³/mol. The number of nitrogens with zero attached hydrogens (tertiary/aromatic N) is 1. The summed E-state index contributed by atoms with van der Waals surface area (Å²) in [7, 11) is 4.43. The SMILES string of the molecule is COC(=O)c1cc(/C=C/c2cc3c(c(Oc4ccc(C(OC)OC)cc4)c2)OCO3)on1. The molecular formula is C23H21NO8. The van der Waals surface area contributed by atoms with Crippen LogP contribution in [0.2, 0.25) is 0 Å². The number of carbonyl (C=O) groups is 1. The van der Waals surface area contributed by atoms with E-state index < -0.39 is 12.3 Å². The van der Waals surface area contributed by atoms with E-state index in [0.717, 1.165) is 11.1 Å². The Kier molecular flexibility index (Phi) is 6.39. The number of benzene rings is 2. The minimum absolute atomic E-state index is 0.0921. The van der Waals surface area contributed by atoms with E-state index in [1.54, 1.807) is 26.4 Å². The molecule has 0 unspecified atom stereocenters. The highest BCUT2D eigenvalue weighted by Crippen LogP contribution is 2.44. The largest absolute Gasteiger partial charge is 0.464 e. The zero-order chi connectivity index (χ0) is 22.5. The summed E-state index contributed by atoms with van der Waals surface area (Å²) < 4.78 is 37.4. The number of rotatable bonds is 8. The first-order chi connectivity index (χ1) is 15.6. The van der Waals surface area contributed by atoms with Gasteiger partial charge in [0.25, 0.3) is 0 Å². The third-order valence-electron chi connectivity index (χ3n) is 4.63. The Hall–Kier alpha value is -3.82. The van der Waals surface area contributed by atoms with Crippen molar-refractivity contribution < 1.29 is 37.7 Å². The van der Waals surface area contributed by atoms with Gasteiger partial charge >= 0.3 is 5.97 Å². The van der Waals surface area contributed by atoms with Crippen molar-refractivity contribution in [1.29, 1.82) is 0 Å². The summed E-state index contributed by atoms with van der Waals surface area (Å²) in [5, 5.41) is 3.67. The Morgan fingerprint density at radius 2 is 1.81 bits per heavy atom. The third-order valence-corrected chi connectivity index (χ3v) is 4.63. The van der Waals surface area contributed by atoms with Crippen LogP contribution in [0.25, 0.3) is 12.2 Å². The van der Waals surface area contributed by atoms with Crippen LogP contribution < -0.4 is 14.2 Å². The van der Waals surface area contributed by atoms with Gasteiger partial charge in [0.05, 0.1) is 7.11 Å². The van der Waals surface area contributed by atoms with Gasteiger partial charge in [-0.05, 0) is 35.9 Å². The van der Waals surface area contributed by atoms with Crippen molar-refractivity contribution in [3.8, 4) is 23.0 Å². The Morgan fingerprint density at radius 1 is 1.03 bits per heavy atom. The third kappa shape index (κ3) is 4.58. The van der Waals surface area contributed by atoms with Crippen LogP contribution in [0.1, 0.15) is 33.7 Å². The Bertz CT molecular complexity index is 1120. The summed E-state index contributed by atoms with van der Waals surface area (Å²) in [4.78, 5) is 11.5. The summed E-state index contributed by atoms with van der Waals surface area (Å²) in [5.41, 5.74) is 1.73. The second-order valence-corrected chi connectivity index (χ2v) is 6.67. The fraction of sp³-hybridized carbons (Fsp3) is 0.217. The first-order valence-corrected chi connectivity index (χ1v) is 9.61. The van der Waals surface area contributed by atoms with Gasteiger partial charge < -0.3 is 32.9 Å². The molecule has 166 valence electrons. The van der Waals surface area contributed by atoms with Gasteiger partial charge in [-0.2, -0.15) is 0 Å². The quantitative estimate of drug-likeness (QED) is 0.372. The van der Waals surface area contributed by atoms with Crippen molar-refractivity contribution in [3.63, 3.8) is 0 Å². The average Bonchev–Trinajstić information content (AvgIpc) is 3.49. The molecule has 4 rings (SSSR count). The van der Waals surface area contributed by atoms with Crippen LogP contribution in [-0.2, 0) is 14.2 Å². The summed E-state index contributed by atoms with van der Waals surface area (Å²) in [6.07, 6.45) is 3.00. The fourth-order valence-electron chi connectivity index (χ4n) is 3.11. The van der Waals surface area contributed by atoms with Crippen molar-refractivity contribution in [1.82, 2.24) is 5.16 Å². The lowest BCUT2D eigenvalue weighted by molar-refractivity contribution is -0.106. The Balaban J connectivity index is 1.56. The molecular weight excluding hydrogens is 418 g/mol. The predicted octanol–water partition coefficient (Wildman–Crippen LogP) is 4.44. The van der Waals surface area contributed by atoms with Gasteiger partial charge in [0.15, 0.2) is 29.2 Å². The zero-order valence-corrected chi connectivity index (χ0v) is 17.7. The summed E-state index contributed by atoms with van der Waals surface area (Å²) >= 11 is 0. The van der Waals surface area contributed by atoms with E-state index in [1.165, 1.54) is 13.2 Å². The summed E-state index contributed by atoms with van der Waals surface area (Å²) in [6, 6.07) is 12.5. The van der Waals surface area contributed by atoms with Gasteiger partial charge in [-0.3, -0.25) is 0 Å². The lowest BCUT2D eigenvalue weighted by Crippen LogP contribution is -2.03. The van der Waals surface area contributed by atoms with E-state index in [2.05, 4.69) is 9.89 Å². The number of hydrogen-bond donors (Lipinski definition) is 0. The van der Waals surface area contributed by atoms with Gasteiger partial charge in [0.1, 0.15) is 5.75 Å². The van der Waals surface area contributed by atoms with Crippen LogP contribution in [0.4, 0.5) is 0 Å². The van der Waals surface area contributed by atoms with Crippen molar-refractivity contribution >= 4 is 18.1 Å². The Morgan fingerprint density at radius 3 is 2.53 bits per heavy atom. The fourth-order valence-corrected chi connectivity index (χ4v) is 3.11. The van der Waals surface area contributed by atoms with Crippen molar-refractivity contribution in [2.45, 2.75) is 6.29 Å². The molecule has 0 fully saturated rings. The minimum atomic E-state index is -0.569. The summed E-state index contributed by atoms with van der Waals surface area (Å²) in [6.45, 7) is 0.103. The van der Waals surface area contributed by atoms with Crippen LogP contribution in [0.5, 0.6) is 23.0 Å².